The first-order valence-electron chi connectivity index (χ1n) is 46.9. The van der Waals surface area contributed by atoms with Crippen LogP contribution in [0.25, 0.3) is 0 Å². The fraction of sp³-hybridized carbons (Fsp3) is 0.726. The lowest BCUT2D eigenvalue weighted by molar-refractivity contribution is -0.149. The van der Waals surface area contributed by atoms with Crippen LogP contribution in [0.5, 0.6) is 0 Å². The molecule has 17 aliphatic rings. The van der Waals surface area contributed by atoms with E-state index in [1.54, 1.807) is 9.91 Å². The fourth-order valence-corrected chi connectivity index (χ4v) is 22.7. The number of hydrogen-bond acceptors (Lipinski definition) is 19. The highest BCUT2D eigenvalue weighted by Gasteiger charge is 2.56. The number of benzene rings is 1. The summed E-state index contributed by atoms with van der Waals surface area (Å²) in [6, 6.07) is -2.65. The van der Waals surface area contributed by atoms with Crippen LogP contribution >= 0.6 is 0 Å². The SMILES string of the molecule is CN1CCCN1C(=O)[C@@H]1CCCN1C(=O)N1CCCN1C(=O)[C@@H]1CCCN1C(=O)N1CCCN1C(=O)[C@@H]1CCCN1C(=O)N1CCCN1C(=O)[C@@H]1CCCN1C(=O)N1CCCN1C(=O)[C@@H]1CCCN1C(=O)N1CCCN1C(=O)[C@@H]1CCCN1C(=O)N1CCCN1C(=O)[C@@H]1CCCN1C(=O)N1CCCN1C(=O)[C@@H]1CCCN1C(=O)N1CCCN1C(=O)OCc1ccccc1. The summed E-state index contributed by atoms with van der Waals surface area (Å²) in [5.41, 5.74) is 0.787. The van der Waals surface area contributed by atoms with Gasteiger partial charge in [-0.2, -0.15) is 0 Å². The number of hydrogen-bond donors (Lipinski definition) is 0. The molecule has 0 bridgehead atoms. The maximum Gasteiger partial charge on any atom is 0.429 e. The summed E-state index contributed by atoms with van der Waals surface area (Å²) < 4.78 is 5.58. The molecule has 0 N–H and O–H groups in total. The second-order valence-corrected chi connectivity index (χ2v) is 36.5. The highest BCUT2D eigenvalue weighted by molar-refractivity contribution is 5.98. The lowest BCUT2D eigenvalue weighted by Crippen LogP contribution is -2.62. The second-order valence-electron chi connectivity index (χ2n) is 36.5. The molecule has 44 nitrogen and oxygen atoms in total. The Morgan fingerprint density at radius 2 is 0.383 bits per heavy atom. The maximum atomic E-state index is 15.1. The summed E-state index contributed by atoms with van der Waals surface area (Å²) in [4.78, 5) is 261. The minimum absolute atomic E-state index is 0.0182. The van der Waals surface area contributed by atoms with Crippen molar-refractivity contribution in [3.8, 4) is 0 Å². The summed E-state index contributed by atoms with van der Waals surface area (Å²) in [6.45, 7) is 6.12. The highest BCUT2D eigenvalue weighted by Crippen LogP contribution is 2.38. The highest BCUT2D eigenvalue weighted by atomic mass is 16.6. The molecular formula is C84H120N26O18. The van der Waals surface area contributed by atoms with Crippen LogP contribution in [0.3, 0.4) is 0 Å². The first-order valence-corrected chi connectivity index (χ1v) is 46.9. The van der Waals surface area contributed by atoms with Gasteiger partial charge in [0.25, 0.3) is 47.3 Å². The van der Waals surface area contributed by atoms with E-state index >= 15 is 24.0 Å². The van der Waals surface area contributed by atoms with Gasteiger partial charge in [-0.1, -0.05) is 30.3 Å². The van der Waals surface area contributed by atoms with Gasteiger partial charge in [0.15, 0.2) is 0 Å². The molecule has 0 unspecified atom stereocenters. The van der Waals surface area contributed by atoms with E-state index in [0.717, 1.165) is 18.5 Å². The third-order valence-corrected chi connectivity index (χ3v) is 29.0. The van der Waals surface area contributed by atoms with Crippen LogP contribution in [0.2, 0.25) is 0 Å². The molecule has 17 heterocycles. The topological polar surface area (TPSA) is 384 Å². The van der Waals surface area contributed by atoms with E-state index in [9.17, 15) is 57.5 Å². The molecule has 8 atom stereocenters. The van der Waals surface area contributed by atoms with Crippen molar-refractivity contribution in [1.29, 1.82) is 0 Å². The van der Waals surface area contributed by atoms with Crippen molar-refractivity contribution in [3.63, 3.8) is 0 Å². The van der Waals surface area contributed by atoms with Crippen LogP contribution in [-0.2, 0) is 49.7 Å². The lowest BCUT2D eigenvalue weighted by Gasteiger charge is -2.40. The van der Waals surface area contributed by atoms with Crippen LogP contribution in [0.15, 0.2) is 30.3 Å². The quantitative estimate of drug-likeness (QED) is 0.324. The summed E-state index contributed by atoms with van der Waals surface area (Å²) in [5, 5.41) is 25.3. The molecule has 0 saturated carbocycles. The molecule has 0 spiro atoms. The monoisotopic (exact) mass is 1780 g/mol. The second kappa shape index (κ2) is 36.8. The molecular weight excluding hydrogens is 1660 g/mol. The van der Waals surface area contributed by atoms with Gasteiger partial charge in [-0.05, 0) is 166 Å². The summed E-state index contributed by atoms with van der Waals surface area (Å²) in [5.74, 6) is -3.43. The van der Waals surface area contributed by atoms with E-state index in [0.29, 0.717) is 148 Å². The Bertz CT molecular complexity index is 4430. The van der Waals surface area contributed by atoms with E-state index in [2.05, 4.69) is 0 Å². The summed E-state index contributed by atoms with van der Waals surface area (Å²) in [7, 11) is 1.86. The van der Waals surface area contributed by atoms with Crippen molar-refractivity contribution in [2.24, 2.45) is 0 Å². The Kier molecular flexibility index (Phi) is 25.1. The zero-order valence-electron chi connectivity index (χ0n) is 73.3. The molecule has 128 heavy (non-hydrogen) atoms. The smallest absolute Gasteiger partial charge is 0.429 e. The summed E-state index contributed by atoms with van der Waals surface area (Å²) in [6.07, 6.45) is 10.3. The van der Waals surface area contributed by atoms with Crippen molar-refractivity contribution in [1.82, 2.24) is 129 Å². The number of hydrazine groups is 9. The largest absolute Gasteiger partial charge is 0.443 e. The minimum atomic E-state index is -1.02. The number of ether oxygens (including phenoxy) is 1. The average Bonchev–Trinajstić information content (AvgIpc) is 1.62. The zero-order chi connectivity index (χ0) is 89.0. The van der Waals surface area contributed by atoms with Gasteiger partial charge in [-0.25, -0.2) is 128 Å². The van der Waals surface area contributed by atoms with Gasteiger partial charge in [-0.15, -0.1) is 0 Å². The van der Waals surface area contributed by atoms with Crippen LogP contribution in [0.1, 0.15) is 166 Å². The third-order valence-electron chi connectivity index (χ3n) is 29.0. The van der Waals surface area contributed by atoms with Crippen molar-refractivity contribution in [2.45, 2.75) is 215 Å². The van der Waals surface area contributed by atoms with Gasteiger partial charge >= 0.3 is 54.3 Å². The molecule has 25 amide bonds. The fourth-order valence-electron chi connectivity index (χ4n) is 22.7. The molecule has 1 aromatic rings. The molecule has 44 heteroatoms. The normalized spacial score (nSPS) is 27.1. The molecule has 18 rings (SSSR count). The third kappa shape index (κ3) is 16.0. The standard InChI is InChI=1S/C84H120N26O18/c1-85-32-13-41-94(85)68(111)60-24-5-33-86(60)76(119)102-49-14-42-95(102)69(112)61-25-6-34-87(61)77(120)103-50-15-43-96(103)70(113)62-26-7-35-88(62)78(121)104-51-16-44-97(104)71(114)63-27-8-36-89(63)79(122)105-52-17-45-98(105)72(115)64-28-9-37-90(64)80(123)106-53-18-46-99(106)73(116)65-29-10-38-91(65)81(124)107-54-19-47-100(107)74(117)66-30-11-39-92(66)82(125)108-55-20-48-101(108)75(118)67-31-12-40-93(67)83(126)109-56-21-57-110(109)84(127)128-58-59-22-3-2-4-23-59/h2-4,22-23,60-67H,5-21,24-58H2,1H3/t60-,61-,62-,63-,64-,65-,66-,67-/m0/s1. The molecule has 0 radical (unpaired) electrons. The van der Waals surface area contributed by atoms with Crippen LogP contribution in [-0.4, -0.2) is 457 Å². The van der Waals surface area contributed by atoms with Crippen molar-refractivity contribution in [2.75, 3.05) is 177 Å². The Morgan fingerprint density at radius 1 is 0.211 bits per heavy atom. The van der Waals surface area contributed by atoms with Crippen LogP contribution in [0.4, 0.5) is 43.2 Å². The molecule has 17 fully saturated rings. The Morgan fingerprint density at radius 3 is 0.586 bits per heavy atom. The Labute approximate surface area is 742 Å². The van der Waals surface area contributed by atoms with E-state index < -0.39 is 144 Å². The number of amides is 25. The van der Waals surface area contributed by atoms with Crippen LogP contribution in [0, 0.1) is 0 Å². The first-order chi connectivity index (χ1) is 62.1. The van der Waals surface area contributed by atoms with Gasteiger partial charge in [0.2, 0.25) is 0 Å². The first kappa shape index (κ1) is 87.1. The Balaban J connectivity index is 0.467. The van der Waals surface area contributed by atoms with Gasteiger partial charge in [0.05, 0.1) is 0 Å². The molecule has 0 aliphatic carbocycles. The van der Waals surface area contributed by atoms with Crippen molar-refractivity contribution < 1.29 is 86.2 Å². The predicted molar refractivity (Wildman–Crippen MR) is 446 cm³/mol. The molecule has 0 aromatic heterocycles. The number of nitrogens with zero attached hydrogens (tertiary/aromatic N) is 26. The molecule has 17 saturated heterocycles. The predicted octanol–water partition coefficient (Wildman–Crippen LogP) is 2.15. The van der Waals surface area contributed by atoms with Gasteiger partial charge in [0.1, 0.15) is 54.9 Å². The minimum Gasteiger partial charge on any atom is -0.443 e. The number of likely N-dealkylation sites (tertiary alicyclic amines) is 8. The zero-order valence-corrected chi connectivity index (χ0v) is 73.3. The molecule has 694 valence electrons. The van der Waals surface area contributed by atoms with Crippen molar-refractivity contribution >= 4 is 102 Å². The maximum absolute atomic E-state index is 15.1. The average molecular weight is 1780 g/mol. The number of carbonyl (C=O) groups is 17. The van der Waals surface area contributed by atoms with E-state index in [-0.39, 0.29) is 182 Å². The van der Waals surface area contributed by atoms with E-state index in [1.807, 2.05) is 42.4 Å². The molecule has 1 aromatic carbocycles. The number of rotatable bonds is 10. The van der Waals surface area contributed by atoms with E-state index in [4.69, 9.17) is 4.74 Å². The van der Waals surface area contributed by atoms with Gasteiger partial charge in [-0.3, -0.25) is 43.4 Å². The molecule has 17 aliphatic heterocycles. The van der Waals surface area contributed by atoms with Gasteiger partial charge in [0, 0.05) is 177 Å². The summed E-state index contributed by atoms with van der Waals surface area (Å²) >= 11 is 0. The Hall–Kier alpha value is -11.6. The van der Waals surface area contributed by atoms with Crippen molar-refractivity contribution in [3.05, 3.63) is 35.9 Å². The van der Waals surface area contributed by atoms with Gasteiger partial charge < -0.3 is 43.9 Å². The van der Waals surface area contributed by atoms with Crippen LogP contribution < -0.4 is 0 Å². The lowest BCUT2D eigenvalue weighted by atomic mass is 10.2. The number of carbonyl (C=O) groups excluding carboxylic acids is 17. The van der Waals surface area contributed by atoms with E-state index in [1.165, 1.54) is 114 Å². The number of urea groups is 8.